The van der Waals surface area contributed by atoms with Crippen LogP contribution >= 0.6 is 0 Å². The van der Waals surface area contributed by atoms with Gasteiger partial charge in [-0.05, 0) is 44.3 Å². The van der Waals surface area contributed by atoms with Crippen molar-refractivity contribution in [3.05, 3.63) is 48.0 Å². The van der Waals surface area contributed by atoms with Gasteiger partial charge in [0.1, 0.15) is 11.5 Å². The Morgan fingerprint density at radius 2 is 1.38 bits per heavy atom. The maximum atomic E-state index is 10.4. The minimum absolute atomic E-state index is 0.0996. The standard InChI is InChI=1S/C20H32O6/c1-2-3-4-8-13-18(25-23)14-9-6-5-7-10-15-19(26-24)16-11-12-17-20(21)22/h6-7,9-10,13,16,23-24H,2-5,8,11-12,14-15,17H2,1H3,(H,21,22)/b9-6-,10-7-,18-13+,19-16+. The third-order valence-electron chi connectivity index (χ3n) is 3.62. The van der Waals surface area contributed by atoms with Gasteiger partial charge in [0.05, 0.1) is 0 Å². The number of carboxylic acid groups (broad SMARTS) is 1. The average Bonchev–Trinajstić information content (AvgIpc) is 2.64. The van der Waals surface area contributed by atoms with Gasteiger partial charge in [-0.15, -0.1) is 0 Å². The Bertz CT molecular complexity index is 477. The largest absolute Gasteiger partial charge is 0.481 e. The monoisotopic (exact) mass is 368 g/mol. The predicted octanol–water partition coefficient (Wildman–Crippen LogP) is 5.85. The topological polar surface area (TPSA) is 96.2 Å². The first-order valence-electron chi connectivity index (χ1n) is 9.16. The molecule has 0 aromatic carbocycles. The summed E-state index contributed by atoms with van der Waals surface area (Å²) in [6.07, 6.45) is 18.5. The summed E-state index contributed by atoms with van der Waals surface area (Å²) in [4.78, 5) is 19.1. The summed E-state index contributed by atoms with van der Waals surface area (Å²) in [5.41, 5.74) is 0. The zero-order valence-corrected chi connectivity index (χ0v) is 15.6. The quantitative estimate of drug-likeness (QED) is 0.104. The van der Waals surface area contributed by atoms with E-state index in [9.17, 15) is 4.79 Å². The SMILES string of the molecule is CCCCC/C=C(\C/C=C\C/C=C\C/C(=C\CCCC(=O)O)OO)OO. The van der Waals surface area contributed by atoms with Gasteiger partial charge in [-0.2, -0.15) is 0 Å². The van der Waals surface area contributed by atoms with Gasteiger partial charge in [-0.25, -0.2) is 10.5 Å². The molecule has 0 saturated heterocycles. The van der Waals surface area contributed by atoms with Crippen molar-refractivity contribution < 1.29 is 30.2 Å². The van der Waals surface area contributed by atoms with Crippen LogP contribution in [0.1, 0.15) is 71.1 Å². The van der Waals surface area contributed by atoms with Gasteiger partial charge in [0.15, 0.2) is 0 Å². The molecule has 0 radical (unpaired) electrons. The number of carbonyl (C=O) groups is 1. The first-order valence-corrected chi connectivity index (χ1v) is 9.16. The summed E-state index contributed by atoms with van der Waals surface area (Å²) in [5.74, 6) is 0.130. The van der Waals surface area contributed by atoms with Crippen LogP contribution in [0.5, 0.6) is 0 Å². The van der Waals surface area contributed by atoms with E-state index in [1.807, 2.05) is 30.4 Å². The highest BCUT2D eigenvalue weighted by atomic mass is 17.1. The van der Waals surface area contributed by atoms with Gasteiger partial charge < -0.3 is 14.9 Å². The maximum Gasteiger partial charge on any atom is 0.303 e. The molecule has 0 aromatic heterocycles. The highest BCUT2D eigenvalue weighted by Gasteiger charge is 1.98. The first kappa shape index (κ1) is 23.9. The molecule has 0 spiro atoms. The first-order chi connectivity index (χ1) is 12.6. The number of carboxylic acids is 1. The molecule has 148 valence electrons. The van der Waals surface area contributed by atoms with Gasteiger partial charge in [-0.1, -0.05) is 44.1 Å². The maximum absolute atomic E-state index is 10.4. The molecule has 3 N–H and O–H groups in total. The number of unbranched alkanes of at least 4 members (excludes halogenated alkanes) is 4. The van der Waals surface area contributed by atoms with Crippen molar-refractivity contribution in [2.75, 3.05) is 0 Å². The highest BCUT2D eigenvalue weighted by molar-refractivity contribution is 5.66. The fraction of sp³-hybridized carbons (Fsp3) is 0.550. The molecule has 0 aliphatic rings. The third kappa shape index (κ3) is 15.5. The number of hydrogen-bond acceptors (Lipinski definition) is 5. The van der Waals surface area contributed by atoms with Gasteiger partial charge in [0, 0.05) is 19.3 Å². The van der Waals surface area contributed by atoms with E-state index in [1.165, 1.54) is 6.42 Å². The average molecular weight is 368 g/mol. The summed E-state index contributed by atoms with van der Waals surface area (Å²) in [6, 6.07) is 0. The molecule has 0 aliphatic carbocycles. The lowest BCUT2D eigenvalue weighted by atomic mass is 10.1. The van der Waals surface area contributed by atoms with Crippen molar-refractivity contribution in [2.24, 2.45) is 0 Å². The second-order valence-corrected chi connectivity index (χ2v) is 5.89. The second-order valence-electron chi connectivity index (χ2n) is 5.89. The zero-order valence-electron chi connectivity index (χ0n) is 15.6. The van der Waals surface area contributed by atoms with Gasteiger partial charge >= 0.3 is 5.97 Å². The van der Waals surface area contributed by atoms with Gasteiger partial charge in [0.2, 0.25) is 0 Å². The van der Waals surface area contributed by atoms with Crippen LogP contribution in [-0.4, -0.2) is 21.6 Å². The summed E-state index contributed by atoms with van der Waals surface area (Å²) < 4.78 is 0. The van der Waals surface area contributed by atoms with E-state index < -0.39 is 5.97 Å². The van der Waals surface area contributed by atoms with E-state index >= 15 is 0 Å². The number of hydrogen-bond donors (Lipinski definition) is 3. The molecule has 0 amide bonds. The molecule has 0 atom stereocenters. The molecule has 0 fully saturated rings. The minimum Gasteiger partial charge on any atom is -0.481 e. The summed E-state index contributed by atoms with van der Waals surface area (Å²) >= 11 is 0. The zero-order chi connectivity index (χ0) is 19.5. The van der Waals surface area contributed by atoms with Crippen molar-refractivity contribution in [3.8, 4) is 0 Å². The lowest BCUT2D eigenvalue weighted by molar-refractivity contribution is -0.204. The number of allylic oxidation sites excluding steroid dienone is 6. The van der Waals surface area contributed by atoms with Crippen LogP contribution in [0, 0.1) is 0 Å². The lowest BCUT2D eigenvalue weighted by Gasteiger charge is -2.00. The molecule has 0 aromatic rings. The molecule has 0 rings (SSSR count). The smallest absolute Gasteiger partial charge is 0.303 e. The fourth-order valence-electron chi connectivity index (χ4n) is 2.16. The van der Waals surface area contributed by atoms with E-state index in [0.29, 0.717) is 43.6 Å². The molecule has 0 saturated carbocycles. The molecule has 6 nitrogen and oxygen atoms in total. The Kier molecular flexibility index (Phi) is 16.4. The minimum atomic E-state index is -0.831. The fourth-order valence-corrected chi connectivity index (χ4v) is 2.16. The molecule has 0 aliphatic heterocycles. The van der Waals surface area contributed by atoms with E-state index in [1.54, 1.807) is 6.08 Å². The Hall–Kier alpha value is -2.05. The molecule has 6 heteroatoms. The Balaban J connectivity index is 4.02. The molecule has 0 heterocycles. The molecule has 0 unspecified atom stereocenters. The van der Waals surface area contributed by atoms with Crippen LogP contribution in [-0.2, 0) is 14.6 Å². The normalized spacial score (nSPS) is 12.9. The third-order valence-corrected chi connectivity index (χ3v) is 3.62. The van der Waals surface area contributed by atoms with Crippen molar-refractivity contribution in [1.29, 1.82) is 0 Å². The highest BCUT2D eigenvalue weighted by Crippen LogP contribution is 2.10. The molecular weight excluding hydrogens is 336 g/mol. The predicted molar refractivity (Wildman–Crippen MR) is 101 cm³/mol. The second kappa shape index (κ2) is 17.8. The van der Waals surface area contributed by atoms with Crippen LogP contribution in [0.25, 0.3) is 0 Å². The van der Waals surface area contributed by atoms with Gasteiger partial charge in [0.25, 0.3) is 0 Å². The van der Waals surface area contributed by atoms with Crippen LogP contribution in [0.2, 0.25) is 0 Å². The van der Waals surface area contributed by atoms with Crippen LogP contribution in [0.4, 0.5) is 0 Å². The lowest BCUT2D eigenvalue weighted by Crippen LogP contribution is -1.93. The van der Waals surface area contributed by atoms with Crippen molar-refractivity contribution in [3.63, 3.8) is 0 Å². The molecule has 26 heavy (non-hydrogen) atoms. The number of rotatable bonds is 16. The summed E-state index contributed by atoms with van der Waals surface area (Å²) in [5, 5.41) is 26.2. The van der Waals surface area contributed by atoms with E-state index in [0.717, 1.165) is 19.3 Å². The summed E-state index contributed by atoms with van der Waals surface area (Å²) in [6.45, 7) is 2.15. The Morgan fingerprint density at radius 1 is 0.846 bits per heavy atom. The molecule has 0 bridgehead atoms. The van der Waals surface area contributed by atoms with Crippen molar-refractivity contribution in [1.82, 2.24) is 0 Å². The van der Waals surface area contributed by atoms with E-state index in [4.69, 9.17) is 15.6 Å². The van der Waals surface area contributed by atoms with Gasteiger partial charge in [-0.3, -0.25) is 4.79 Å². The summed E-state index contributed by atoms with van der Waals surface area (Å²) in [7, 11) is 0. The number of aliphatic carboxylic acids is 1. The Morgan fingerprint density at radius 3 is 1.85 bits per heavy atom. The van der Waals surface area contributed by atoms with Crippen LogP contribution < -0.4 is 0 Å². The molecular formula is C20H32O6. The van der Waals surface area contributed by atoms with Crippen molar-refractivity contribution in [2.45, 2.75) is 71.1 Å². The van der Waals surface area contributed by atoms with Crippen LogP contribution in [0.3, 0.4) is 0 Å². The Labute approximate surface area is 156 Å². The van der Waals surface area contributed by atoms with Crippen molar-refractivity contribution >= 4 is 5.97 Å². The van der Waals surface area contributed by atoms with E-state index in [-0.39, 0.29) is 6.42 Å². The van der Waals surface area contributed by atoms with Crippen LogP contribution in [0.15, 0.2) is 48.0 Å². The van der Waals surface area contributed by atoms with E-state index in [2.05, 4.69) is 16.7 Å².